The first kappa shape index (κ1) is 13.4. The summed E-state index contributed by atoms with van der Waals surface area (Å²) in [6, 6.07) is 5.94. The van der Waals surface area contributed by atoms with Crippen LogP contribution in [0.4, 0.5) is 14.6 Å². The Bertz CT molecular complexity index is 572. The molecule has 0 amide bonds. The van der Waals surface area contributed by atoms with Crippen molar-refractivity contribution >= 4 is 5.82 Å². The van der Waals surface area contributed by atoms with Crippen LogP contribution in [0.5, 0.6) is 0 Å². The molecule has 100 valence electrons. The Labute approximate surface area is 110 Å². The van der Waals surface area contributed by atoms with E-state index in [1.54, 1.807) is 12.1 Å². The van der Waals surface area contributed by atoms with Gasteiger partial charge in [-0.25, -0.2) is 18.7 Å². The smallest absolute Gasteiger partial charge is 0.186 e. The molecular formula is C14H15F2N3. The van der Waals surface area contributed by atoms with Gasteiger partial charge in [0, 0.05) is 0 Å². The molecule has 0 spiro atoms. The molecule has 0 fully saturated rings. The first-order chi connectivity index (χ1) is 9.11. The van der Waals surface area contributed by atoms with E-state index in [0.717, 1.165) is 5.56 Å². The van der Waals surface area contributed by atoms with E-state index in [1.807, 2.05) is 13.8 Å². The highest BCUT2D eigenvalue weighted by Gasteiger charge is 2.13. The van der Waals surface area contributed by atoms with E-state index < -0.39 is 5.82 Å². The Balaban J connectivity index is 2.21. The van der Waals surface area contributed by atoms with Gasteiger partial charge in [0.05, 0.1) is 11.7 Å². The van der Waals surface area contributed by atoms with Crippen LogP contribution >= 0.6 is 0 Å². The number of aromatic nitrogens is 2. The van der Waals surface area contributed by atoms with Gasteiger partial charge >= 0.3 is 0 Å². The number of nitrogens with zero attached hydrogens (tertiary/aromatic N) is 2. The number of halogens is 2. The molecule has 1 atom stereocenters. The second-order valence-electron chi connectivity index (χ2n) is 4.26. The molecule has 2 rings (SSSR count). The summed E-state index contributed by atoms with van der Waals surface area (Å²) in [5, 5.41) is 2.94. The molecule has 1 unspecified atom stereocenters. The fourth-order valence-corrected chi connectivity index (χ4v) is 1.82. The summed E-state index contributed by atoms with van der Waals surface area (Å²) in [5.74, 6) is -0.625. The highest BCUT2D eigenvalue weighted by molar-refractivity contribution is 5.40. The van der Waals surface area contributed by atoms with E-state index in [-0.39, 0.29) is 17.7 Å². The Hall–Kier alpha value is -2.04. The maximum atomic E-state index is 14.0. The highest BCUT2D eigenvalue weighted by Crippen LogP contribution is 2.21. The van der Waals surface area contributed by atoms with E-state index >= 15 is 0 Å². The van der Waals surface area contributed by atoms with Crippen molar-refractivity contribution in [1.29, 1.82) is 0 Å². The summed E-state index contributed by atoms with van der Waals surface area (Å²) in [5.41, 5.74) is 1.10. The molecule has 2 aromatic rings. The number of hydrogen-bond donors (Lipinski definition) is 1. The van der Waals surface area contributed by atoms with Crippen molar-refractivity contribution in [2.24, 2.45) is 0 Å². The largest absolute Gasteiger partial charge is 0.361 e. The lowest BCUT2D eigenvalue weighted by atomic mass is 10.1. The number of benzene rings is 1. The zero-order valence-electron chi connectivity index (χ0n) is 10.8. The molecule has 1 aromatic heterocycles. The highest BCUT2D eigenvalue weighted by atomic mass is 19.1. The van der Waals surface area contributed by atoms with E-state index in [2.05, 4.69) is 15.3 Å². The van der Waals surface area contributed by atoms with Gasteiger partial charge in [-0.05, 0) is 31.0 Å². The number of hydrogen-bond acceptors (Lipinski definition) is 3. The first-order valence-electron chi connectivity index (χ1n) is 6.13. The van der Waals surface area contributed by atoms with Crippen LogP contribution in [0.15, 0.2) is 30.6 Å². The lowest BCUT2D eigenvalue weighted by Gasteiger charge is -2.16. The molecule has 1 N–H and O–H groups in total. The molecule has 1 aromatic carbocycles. The van der Waals surface area contributed by atoms with Crippen LogP contribution in [-0.4, -0.2) is 9.97 Å². The third-order valence-corrected chi connectivity index (χ3v) is 2.90. The van der Waals surface area contributed by atoms with Crippen LogP contribution in [0.1, 0.15) is 31.1 Å². The summed E-state index contributed by atoms with van der Waals surface area (Å²) < 4.78 is 27.1. The monoisotopic (exact) mass is 263 g/mol. The normalized spacial score (nSPS) is 12.2. The van der Waals surface area contributed by atoms with Crippen molar-refractivity contribution in [2.75, 3.05) is 5.32 Å². The van der Waals surface area contributed by atoms with E-state index in [1.165, 1.54) is 18.5 Å². The minimum atomic E-state index is -0.451. The molecular weight excluding hydrogens is 248 g/mol. The summed E-state index contributed by atoms with van der Waals surface area (Å²) >= 11 is 0. The van der Waals surface area contributed by atoms with Crippen molar-refractivity contribution < 1.29 is 8.78 Å². The van der Waals surface area contributed by atoms with Crippen LogP contribution < -0.4 is 5.32 Å². The lowest BCUT2D eigenvalue weighted by molar-refractivity contribution is 0.593. The molecule has 0 saturated heterocycles. The maximum absolute atomic E-state index is 14.0. The number of rotatable bonds is 4. The topological polar surface area (TPSA) is 37.8 Å². The summed E-state index contributed by atoms with van der Waals surface area (Å²) in [6.07, 6.45) is 1.82. The van der Waals surface area contributed by atoms with E-state index in [9.17, 15) is 8.78 Å². The van der Waals surface area contributed by atoms with Gasteiger partial charge in [0.15, 0.2) is 11.6 Å². The Morgan fingerprint density at radius 2 is 2.05 bits per heavy atom. The maximum Gasteiger partial charge on any atom is 0.186 e. The van der Waals surface area contributed by atoms with Crippen molar-refractivity contribution in [3.05, 3.63) is 53.5 Å². The predicted molar refractivity (Wildman–Crippen MR) is 69.8 cm³/mol. The lowest BCUT2D eigenvalue weighted by Crippen LogP contribution is -2.11. The number of nitrogens with one attached hydrogen (secondary N) is 1. The molecule has 0 bridgehead atoms. The molecule has 0 aliphatic carbocycles. The standard InChI is InChI=1S/C14H15F2N3/c1-3-12-13(16)14(18-8-17-12)19-9(2)10-5-4-6-11(15)7-10/h4-9H,3H2,1-2H3,(H,17,18,19). The van der Waals surface area contributed by atoms with E-state index in [4.69, 9.17) is 0 Å². The van der Waals surface area contributed by atoms with Gasteiger partial charge in [-0.15, -0.1) is 0 Å². The Morgan fingerprint density at radius 3 is 2.74 bits per heavy atom. The Morgan fingerprint density at radius 1 is 1.26 bits per heavy atom. The van der Waals surface area contributed by atoms with Gasteiger partial charge in [0.25, 0.3) is 0 Å². The number of aryl methyl sites for hydroxylation is 1. The molecule has 0 radical (unpaired) electrons. The zero-order chi connectivity index (χ0) is 13.8. The zero-order valence-corrected chi connectivity index (χ0v) is 10.8. The molecule has 0 aliphatic heterocycles. The third kappa shape index (κ3) is 3.05. The second-order valence-corrected chi connectivity index (χ2v) is 4.26. The minimum Gasteiger partial charge on any atom is -0.361 e. The molecule has 3 nitrogen and oxygen atoms in total. The molecule has 5 heteroatoms. The minimum absolute atomic E-state index is 0.142. The SMILES string of the molecule is CCc1ncnc(NC(C)c2cccc(F)c2)c1F. The van der Waals surface area contributed by atoms with Crippen LogP contribution in [0.25, 0.3) is 0 Å². The van der Waals surface area contributed by atoms with Crippen LogP contribution in [-0.2, 0) is 6.42 Å². The van der Waals surface area contributed by atoms with E-state index in [0.29, 0.717) is 12.1 Å². The molecule has 19 heavy (non-hydrogen) atoms. The number of anilines is 1. The quantitative estimate of drug-likeness (QED) is 0.917. The Kier molecular flexibility index (Phi) is 4.04. The first-order valence-corrected chi connectivity index (χ1v) is 6.13. The van der Waals surface area contributed by atoms with Crippen LogP contribution in [0.3, 0.4) is 0 Å². The van der Waals surface area contributed by atoms with Crippen molar-refractivity contribution in [3.8, 4) is 0 Å². The van der Waals surface area contributed by atoms with Gasteiger partial charge in [0.2, 0.25) is 0 Å². The summed E-state index contributed by atoms with van der Waals surface area (Å²) in [4.78, 5) is 7.75. The van der Waals surface area contributed by atoms with Gasteiger partial charge in [-0.1, -0.05) is 19.1 Å². The van der Waals surface area contributed by atoms with Crippen LogP contribution in [0, 0.1) is 11.6 Å². The molecule has 1 heterocycles. The van der Waals surface area contributed by atoms with Crippen molar-refractivity contribution in [3.63, 3.8) is 0 Å². The average molecular weight is 263 g/mol. The molecule has 0 aliphatic rings. The van der Waals surface area contributed by atoms with Crippen LogP contribution in [0.2, 0.25) is 0 Å². The average Bonchev–Trinajstić information content (AvgIpc) is 2.41. The van der Waals surface area contributed by atoms with Gasteiger partial charge in [0.1, 0.15) is 12.1 Å². The van der Waals surface area contributed by atoms with Crippen molar-refractivity contribution in [1.82, 2.24) is 9.97 Å². The van der Waals surface area contributed by atoms with Gasteiger partial charge < -0.3 is 5.32 Å². The van der Waals surface area contributed by atoms with Crippen molar-refractivity contribution in [2.45, 2.75) is 26.3 Å². The summed E-state index contributed by atoms with van der Waals surface area (Å²) in [7, 11) is 0. The predicted octanol–water partition coefficient (Wildman–Crippen LogP) is 3.49. The fraction of sp³-hybridized carbons (Fsp3) is 0.286. The molecule has 0 saturated carbocycles. The fourth-order valence-electron chi connectivity index (χ4n) is 1.82. The van der Waals surface area contributed by atoms with Gasteiger partial charge in [-0.2, -0.15) is 0 Å². The second kappa shape index (κ2) is 5.73. The third-order valence-electron chi connectivity index (χ3n) is 2.90. The van der Waals surface area contributed by atoms with Gasteiger partial charge in [-0.3, -0.25) is 0 Å². The summed E-state index contributed by atoms with van der Waals surface area (Å²) in [6.45, 7) is 3.65.